The average molecular weight is 417 g/mol. The van der Waals surface area contributed by atoms with Crippen LogP contribution in [0.25, 0.3) is 0 Å². The molecule has 0 atom stereocenters. The molecule has 0 unspecified atom stereocenters. The number of aryl methyl sites for hydroxylation is 1. The number of carbonyl (C=O) groups is 2. The Hall–Kier alpha value is -4.05. The number of esters is 1. The van der Waals surface area contributed by atoms with Crippen molar-refractivity contribution < 1.29 is 18.7 Å². The summed E-state index contributed by atoms with van der Waals surface area (Å²) in [7, 11) is 0. The first-order valence-electron chi connectivity index (χ1n) is 9.84. The van der Waals surface area contributed by atoms with E-state index in [1.54, 1.807) is 30.3 Å². The van der Waals surface area contributed by atoms with E-state index < -0.39 is 18.5 Å². The van der Waals surface area contributed by atoms with Crippen LogP contribution in [-0.4, -0.2) is 29.9 Å². The molecule has 1 aromatic heterocycles. The SMILES string of the molecule is Cc1ccc(Nc2ccccc2C(=O)OCC(=O)N(CCC#N)Cc2ccco2)cc1. The predicted molar refractivity (Wildman–Crippen MR) is 116 cm³/mol. The number of amides is 1. The monoisotopic (exact) mass is 417 g/mol. The fraction of sp³-hybridized carbons (Fsp3) is 0.208. The van der Waals surface area contributed by atoms with Crippen molar-refractivity contribution in [3.63, 3.8) is 0 Å². The Balaban J connectivity index is 1.64. The van der Waals surface area contributed by atoms with Gasteiger partial charge in [0.05, 0.1) is 36.5 Å². The lowest BCUT2D eigenvalue weighted by Gasteiger charge is -2.20. The molecule has 158 valence electrons. The molecular formula is C24H23N3O4. The van der Waals surface area contributed by atoms with Crippen molar-refractivity contribution in [2.75, 3.05) is 18.5 Å². The summed E-state index contributed by atoms with van der Waals surface area (Å²) in [6.45, 7) is 2.00. The number of furan rings is 1. The Morgan fingerprint density at radius 3 is 2.58 bits per heavy atom. The lowest BCUT2D eigenvalue weighted by Crippen LogP contribution is -2.35. The van der Waals surface area contributed by atoms with Gasteiger partial charge in [0.2, 0.25) is 0 Å². The molecule has 0 radical (unpaired) electrons. The summed E-state index contributed by atoms with van der Waals surface area (Å²) in [6.07, 6.45) is 1.68. The molecule has 2 aromatic carbocycles. The summed E-state index contributed by atoms with van der Waals surface area (Å²) in [5.74, 6) is -0.420. The van der Waals surface area contributed by atoms with Crippen LogP contribution in [-0.2, 0) is 16.1 Å². The summed E-state index contributed by atoms with van der Waals surface area (Å²) in [5, 5.41) is 12.1. The first kappa shape index (κ1) is 21.7. The highest BCUT2D eigenvalue weighted by atomic mass is 16.5. The Bertz CT molecular complexity index is 1050. The van der Waals surface area contributed by atoms with Crippen LogP contribution in [0.3, 0.4) is 0 Å². The van der Waals surface area contributed by atoms with Gasteiger partial charge >= 0.3 is 5.97 Å². The number of nitrogens with zero attached hydrogens (tertiary/aromatic N) is 2. The summed E-state index contributed by atoms with van der Waals surface area (Å²) in [6, 6.07) is 20.2. The molecule has 1 amide bonds. The summed E-state index contributed by atoms with van der Waals surface area (Å²) in [4.78, 5) is 26.7. The van der Waals surface area contributed by atoms with Gasteiger partial charge in [-0.2, -0.15) is 5.26 Å². The number of ether oxygens (including phenoxy) is 1. The Morgan fingerprint density at radius 2 is 1.87 bits per heavy atom. The van der Waals surface area contributed by atoms with Gasteiger partial charge in [0.15, 0.2) is 6.61 Å². The molecule has 0 aliphatic rings. The number of nitrogens with one attached hydrogen (secondary N) is 1. The molecule has 31 heavy (non-hydrogen) atoms. The maximum absolute atomic E-state index is 12.7. The second-order valence-corrected chi connectivity index (χ2v) is 6.92. The predicted octanol–water partition coefficient (Wildman–Crippen LogP) is 4.43. The van der Waals surface area contributed by atoms with Gasteiger partial charge in [0, 0.05) is 12.2 Å². The fourth-order valence-corrected chi connectivity index (χ4v) is 2.93. The molecule has 0 aliphatic carbocycles. The highest BCUT2D eigenvalue weighted by molar-refractivity contribution is 5.97. The van der Waals surface area contributed by atoms with Gasteiger partial charge in [-0.05, 0) is 43.3 Å². The molecular weight excluding hydrogens is 394 g/mol. The van der Waals surface area contributed by atoms with Gasteiger partial charge in [-0.1, -0.05) is 29.8 Å². The van der Waals surface area contributed by atoms with E-state index in [2.05, 4.69) is 5.32 Å². The van der Waals surface area contributed by atoms with Crippen LogP contribution >= 0.6 is 0 Å². The van der Waals surface area contributed by atoms with Crippen LogP contribution in [0, 0.1) is 18.3 Å². The van der Waals surface area contributed by atoms with E-state index in [0.717, 1.165) is 11.3 Å². The zero-order chi connectivity index (χ0) is 22.1. The number of benzene rings is 2. The highest BCUT2D eigenvalue weighted by Gasteiger charge is 2.19. The van der Waals surface area contributed by atoms with Crippen LogP contribution < -0.4 is 5.32 Å². The number of hydrogen-bond acceptors (Lipinski definition) is 6. The first-order valence-corrected chi connectivity index (χ1v) is 9.84. The summed E-state index contributed by atoms with van der Waals surface area (Å²) < 4.78 is 10.6. The summed E-state index contributed by atoms with van der Waals surface area (Å²) >= 11 is 0. The molecule has 0 bridgehead atoms. The van der Waals surface area contributed by atoms with Crippen molar-refractivity contribution in [3.8, 4) is 6.07 Å². The number of anilines is 2. The topological polar surface area (TPSA) is 95.6 Å². The molecule has 3 aromatic rings. The standard InChI is InChI=1S/C24H23N3O4/c1-18-9-11-19(12-10-18)26-22-8-3-2-7-21(22)24(29)31-17-23(28)27(14-5-13-25)16-20-6-4-15-30-20/h2-4,6-12,15,26H,5,14,16-17H2,1H3. The number of nitriles is 1. The quantitative estimate of drug-likeness (QED) is 0.518. The minimum atomic E-state index is -0.609. The van der Waals surface area contributed by atoms with E-state index in [9.17, 15) is 9.59 Å². The van der Waals surface area contributed by atoms with Crippen molar-refractivity contribution in [2.45, 2.75) is 19.9 Å². The zero-order valence-electron chi connectivity index (χ0n) is 17.2. The van der Waals surface area contributed by atoms with E-state index in [-0.39, 0.29) is 19.5 Å². The van der Waals surface area contributed by atoms with Crippen LogP contribution in [0.5, 0.6) is 0 Å². The maximum Gasteiger partial charge on any atom is 0.340 e. The van der Waals surface area contributed by atoms with Gasteiger partial charge in [-0.15, -0.1) is 0 Å². The minimum Gasteiger partial charge on any atom is -0.467 e. The van der Waals surface area contributed by atoms with E-state index in [0.29, 0.717) is 17.0 Å². The van der Waals surface area contributed by atoms with Gasteiger partial charge < -0.3 is 19.4 Å². The molecule has 7 heteroatoms. The third-order valence-electron chi connectivity index (χ3n) is 4.58. The smallest absolute Gasteiger partial charge is 0.340 e. The van der Waals surface area contributed by atoms with Gasteiger partial charge in [0.1, 0.15) is 5.76 Å². The normalized spacial score (nSPS) is 10.2. The summed E-state index contributed by atoms with van der Waals surface area (Å²) in [5.41, 5.74) is 2.88. The number of para-hydroxylation sites is 1. The molecule has 3 rings (SSSR count). The molecule has 0 spiro atoms. The van der Waals surface area contributed by atoms with E-state index in [1.807, 2.05) is 43.3 Å². The number of rotatable bonds is 9. The maximum atomic E-state index is 12.7. The first-order chi connectivity index (χ1) is 15.1. The molecule has 0 saturated heterocycles. The largest absolute Gasteiger partial charge is 0.467 e. The molecule has 1 heterocycles. The molecule has 0 fully saturated rings. The molecule has 0 aliphatic heterocycles. The molecule has 1 N–H and O–H groups in total. The lowest BCUT2D eigenvalue weighted by atomic mass is 10.1. The Kier molecular flexibility index (Phi) is 7.44. The zero-order valence-corrected chi connectivity index (χ0v) is 17.2. The van der Waals surface area contributed by atoms with Crippen molar-refractivity contribution >= 4 is 23.3 Å². The third kappa shape index (κ3) is 6.21. The average Bonchev–Trinajstić information content (AvgIpc) is 3.30. The minimum absolute atomic E-state index is 0.170. The Labute approximate surface area is 180 Å². The molecule has 0 saturated carbocycles. The number of carbonyl (C=O) groups excluding carboxylic acids is 2. The highest BCUT2D eigenvalue weighted by Crippen LogP contribution is 2.22. The van der Waals surface area contributed by atoms with Crippen LogP contribution in [0.2, 0.25) is 0 Å². The number of hydrogen-bond donors (Lipinski definition) is 1. The molecule has 7 nitrogen and oxygen atoms in total. The third-order valence-corrected chi connectivity index (χ3v) is 4.58. The van der Waals surface area contributed by atoms with Crippen molar-refractivity contribution in [2.24, 2.45) is 0 Å². The van der Waals surface area contributed by atoms with E-state index in [4.69, 9.17) is 14.4 Å². The van der Waals surface area contributed by atoms with E-state index in [1.165, 1.54) is 11.2 Å². The van der Waals surface area contributed by atoms with E-state index >= 15 is 0 Å². The van der Waals surface area contributed by atoms with Gasteiger partial charge in [-0.3, -0.25) is 4.79 Å². The fourth-order valence-electron chi connectivity index (χ4n) is 2.93. The van der Waals surface area contributed by atoms with Crippen LogP contribution in [0.4, 0.5) is 11.4 Å². The van der Waals surface area contributed by atoms with Crippen molar-refractivity contribution in [1.82, 2.24) is 4.90 Å². The van der Waals surface area contributed by atoms with Crippen LogP contribution in [0.15, 0.2) is 71.3 Å². The van der Waals surface area contributed by atoms with Crippen molar-refractivity contribution in [1.29, 1.82) is 5.26 Å². The Morgan fingerprint density at radius 1 is 1.10 bits per heavy atom. The van der Waals surface area contributed by atoms with Crippen LogP contribution in [0.1, 0.15) is 28.1 Å². The lowest BCUT2D eigenvalue weighted by molar-refractivity contribution is -0.135. The van der Waals surface area contributed by atoms with Gasteiger partial charge in [-0.25, -0.2) is 4.79 Å². The van der Waals surface area contributed by atoms with Crippen molar-refractivity contribution in [3.05, 3.63) is 83.8 Å². The van der Waals surface area contributed by atoms with Gasteiger partial charge in [0.25, 0.3) is 5.91 Å². The second-order valence-electron chi connectivity index (χ2n) is 6.92. The second kappa shape index (κ2) is 10.6.